The third kappa shape index (κ3) is 3.25. The molecule has 27 heavy (non-hydrogen) atoms. The number of aliphatic hydroxyl groups is 1. The fourth-order valence-electron chi connectivity index (χ4n) is 4.11. The summed E-state index contributed by atoms with van der Waals surface area (Å²) in [5, 5.41) is 14.2. The molecule has 1 aromatic heterocycles. The van der Waals surface area contributed by atoms with Gasteiger partial charge >= 0.3 is 0 Å². The first kappa shape index (κ1) is 17.8. The SMILES string of the molecule is COc1ccc2c(c1)OC[C@]1(CO)CN(C(=O)CCCn3cncn3)C[C@H]21. The molecule has 1 aromatic carbocycles. The van der Waals surface area contributed by atoms with Crippen LogP contribution in [0, 0.1) is 5.41 Å². The van der Waals surface area contributed by atoms with Gasteiger partial charge in [-0.3, -0.25) is 9.48 Å². The van der Waals surface area contributed by atoms with Gasteiger partial charge in [-0.25, -0.2) is 4.98 Å². The molecule has 0 spiro atoms. The van der Waals surface area contributed by atoms with E-state index in [0.717, 1.165) is 17.1 Å². The monoisotopic (exact) mass is 372 g/mol. The second kappa shape index (κ2) is 7.19. The third-order valence-corrected chi connectivity index (χ3v) is 5.67. The molecule has 0 aliphatic carbocycles. The minimum absolute atomic E-state index is 0.00806. The van der Waals surface area contributed by atoms with Crippen molar-refractivity contribution in [2.24, 2.45) is 5.41 Å². The highest BCUT2D eigenvalue weighted by molar-refractivity contribution is 5.77. The number of aryl methyl sites for hydroxylation is 1. The van der Waals surface area contributed by atoms with Crippen molar-refractivity contribution in [3.05, 3.63) is 36.4 Å². The lowest BCUT2D eigenvalue weighted by Crippen LogP contribution is -2.42. The maximum Gasteiger partial charge on any atom is 0.222 e. The number of hydrogen-bond acceptors (Lipinski definition) is 6. The average molecular weight is 372 g/mol. The summed E-state index contributed by atoms with van der Waals surface area (Å²) in [5.41, 5.74) is 0.595. The van der Waals surface area contributed by atoms with Crippen molar-refractivity contribution in [1.82, 2.24) is 19.7 Å². The van der Waals surface area contributed by atoms with Crippen molar-refractivity contribution < 1.29 is 19.4 Å². The predicted octanol–water partition coefficient (Wildman–Crippen LogP) is 1.06. The normalized spacial score (nSPS) is 23.5. The predicted molar refractivity (Wildman–Crippen MR) is 96.6 cm³/mol. The zero-order valence-electron chi connectivity index (χ0n) is 15.4. The molecule has 0 radical (unpaired) electrons. The number of amides is 1. The average Bonchev–Trinajstić information content (AvgIpc) is 3.35. The highest BCUT2D eigenvalue weighted by Gasteiger charge is 2.52. The summed E-state index contributed by atoms with van der Waals surface area (Å²) in [7, 11) is 1.62. The van der Waals surface area contributed by atoms with Crippen LogP contribution in [-0.2, 0) is 11.3 Å². The zero-order chi connectivity index (χ0) is 18.9. The van der Waals surface area contributed by atoms with Crippen molar-refractivity contribution in [3.8, 4) is 11.5 Å². The highest BCUT2D eigenvalue weighted by Crippen LogP contribution is 2.50. The number of likely N-dealkylation sites (tertiary alicyclic amines) is 1. The van der Waals surface area contributed by atoms with E-state index in [4.69, 9.17) is 9.47 Å². The molecule has 0 bridgehead atoms. The van der Waals surface area contributed by atoms with Crippen molar-refractivity contribution in [2.75, 3.05) is 33.4 Å². The molecule has 0 saturated carbocycles. The van der Waals surface area contributed by atoms with Gasteiger partial charge < -0.3 is 19.5 Å². The maximum atomic E-state index is 12.7. The molecule has 2 aliphatic rings. The molecule has 3 heterocycles. The standard InChI is InChI=1S/C19H24N4O4/c1-26-14-4-5-15-16-8-22(9-19(16,10-24)11-27-17(15)7-14)18(25)3-2-6-23-13-20-12-21-23/h4-5,7,12-13,16,24H,2-3,6,8-11H2,1H3/t16-,19-/m1/s1. The Kier molecular flexibility index (Phi) is 4.73. The quantitative estimate of drug-likeness (QED) is 0.816. The number of carbonyl (C=O) groups is 1. The molecule has 8 nitrogen and oxygen atoms in total. The van der Waals surface area contributed by atoms with Crippen molar-refractivity contribution >= 4 is 5.91 Å². The Morgan fingerprint density at radius 2 is 2.37 bits per heavy atom. The number of rotatable bonds is 6. The van der Waals surface area contributed by atoms with Crippen LogP contribution in [0.4, 0.5) is 0 Å². The molecule has 1 N–H and O–H groups in total. The summed E-state index contributed by atoms with van der Waals surface area (Å²) in [6.07, 6.45) is 4.30. The lowest BCUT2D eigenvalue weighted by molar-refractivity contribution is -0.130. The fourth-order valence-corrected chi connectivity index (χ4v) is 4.11. The lowest BCUT2D eigenvalue weighted by atomic mass is 9.74. The van der Waals surface area contributed by atoms with Crippen LogP contribution >= 0.6 is 0 Å². The number of nitrogens with zero attached hydrogens (tertiary/aromatic N) is 4. The van der Waals surface area contributed by atoms with Crippen molar-refractivity contribution in [3.63, 3.8) is 0 Å². The second-order valence-electron chi connectivity index (χ2n) is 7.30. The minimum atomic E-state index is -0.441. The van der Waals surface area contributed by atoms with Crippen LogP contribution in [0.1, 0.15) is 24.3 Å². The van der Waals surface area contributed by atoms with Gasteiger partial charge in [0.25, 0.3) is 0 Å². The Hall–Kier alpha value is -2.61. The molecule has 2 aliphatic heterocycles. The van der Waals surface area contributed by atoms with E-state index in [1.807, 2.05) is 23.1 Å². The third-order valence-electron chi connectivity index (χ3n) is 5.67. The van der Waals surface area contributed by atoms with E-state index in [9.17, 15) is 9.90 Å². The number of carbonyl (C=O) groups excluding carboxylic acids is 1. The highest BCUT2D eigenvalue weighted by atomic mass is 16.5. The number of methoxy groups -OCH3 is 1. The first-order chi connectivity index (χ1) is 13.1. The zero-order valence-corrected chi connectivity index (χ0v) is 15.4. The van der Waals surface area contributed by atoms with Crippen LogP contribution in [0.3, 0.4) is 0 Å². The van der Waals surface area contributed by atoms with E-state index in [2.05, 4.69) is 10.1 Å². The number of fused-ring (bicyclic) bond motifs is 3. The van der Waals surface area contributed by atoms with Gasteiger partial charge in [0.2, 0.25) is 5.91 Å². The largest absolute Gasteiger partial charge is 0.497 e. The topological polar surface area (TPSA) is 89.7 Å². The van der Waals surface area contributed by atoms with E-state index in [1.54, 1.807) is 18.1 Å². The number of hydrogen-bond donors (Lipinski definition) is 1. The Morgan fingerprint density at radius 3 is 3.11 bits per heavy atom. The fraction of sp³-hybridized carbons (Fsp3) is 0.526. The number of benzene rings is 1. The van der Waals surface area contributed by atoms with Crippen LogP contribution in [0.5, 0.6) is 11.5 Å². The van der Waals surface area contributed by atoms with Gasteiger partial charge in [0, 0.05) is 43.6 Å². The van der Waals surface area contributed by atoms with Gasteiger partial charge in [0.15, 0.2) is 0 Å². The van der Waals surface area contributed by atoms with E-state index in [0.29, 0.717) is 39.1 Å². The summed E-state index contributed by atoms with van der Waals surface area (Å²) in [4.78, 5) is 18.5. The van der Waals surface area contributed by atoms with E-state index in [1.165, 1.54) is 6.33 Å². The number of ether oxygens (including phenoxy) is 2. The Balaban J connectivity index is 1.46. The molecule has 4 rings (SSSR count). The maximum absolute atomic E-state index is 12.7. The molecular formula is C19H24N4O4. The molecule has 8 heteroatoms. The molecular weight excluding hydrogens is 348 g/mol. The molecule has 0 unspecified atom stereocenters. The molecule has 1 amide bonds. The van der Waals surface area contributed by atoms with Crippen LogP contribution < -0.4 is 9.47 Å². The number of aromatic nitrogens is 3. The van der Waals surface area contributed by atoms with Crippen LogP contribution in [0.25, 0.3) is 0 Å². The van der Waals surface area contributed by atoms with Crippen LogP contribution in [0.15, 0.2) is 30.9 Å². The summed E-state index contributed by atoms with van der Waals surface area (Å²) >= 11 is 0. The molecule has 1 fully saturated rings. The van der Waals surface area contributed by atoms with E-state index in [-0.39, 0.29) is 18.4 Å². The molecule has 144 valence electrons. The summed E-state index contributed by atoms with van der Waals surface area (Å²) in [6, 6.07) is 5.76. The number of aliphatic hydroxyl groups excluding tert-OH is 1. The summed E-state index contributed by atoms with van der Waals surface area (Å²) < 4.78 is 12.9. The Labute approximate surface area is 157 Å². The Bertz CT molecular complexity index is 810. The minimum Gasteiger partial charge on any atom is -0.497 e. The van der Waals surface area contributed by atoms with Gasteiger partial charge in [-0.05, 0) is 12.5 Å². The van der Waals surface area contributed by atoms with E-state index >= 15 is 0 Å². The van der Waals surface area contributed by atoms with Gasteiger partial charge in [0.1, 0.15) is 24.2 Å². The molecule has 2 aromatic rings. The first-order valence-electron chi connectivity index (χ1n) is 9.17. The molecule has 2 atom stereocenters. The Morgan fingerprint density at radius 1 is 1.48 bits per heavy atom. The van der Waals surface area contributed by atoms with Gasteiger partial charge in [-0.15, -0.1) is 0 Å². The van der Waals surface area contributed by atoms with Gasteiger partial charge in [-0.2, -0.15) is 5.10 Å². The van der Waals surface area contributed by atoms with Crippen LogP contribution in [0.2, 0.25) is 0 Å². The van der Waals surface area contributed by atoms with E-state index < -0.39 is 5.41 Å². The lowest BCUT2D eigenvalue weighted by Gasteiger charge is -2.37. The van der Waals surface area contributed by atoms with Gasteiger partial charge in [0.05, 0.1) is 25.7 Å². The summed E-state index contributed by atoms with van der Waals surface area (Å²) in [6.45, 7) is 2.18. The van der Waals surface area contributed by atoms with Gasteiger partial charge in [-0.1, -0.05) is 6.07 Å². The molecule has 1 saturated heterocycles. The first-order valence-corrected chi connectivity index (χ1v) is 9.17. The smallest absolute Gasteiger partial charge is 0.222 e. The van der Waals surface area contributed by atoms with Crippen molar-refractivity contribution in [2.45, 2.75) is 25.3 Å². The van der Waals surface area contributed by atoms with Crippen LogP contribution in [-0.4, -0.2) is 64.1 Å². The second-order valence-corrected chi connectivity index (χ2v) is 7.30. The summed E-state index contributed by atoms with van der Waals surface area (Å²) in [5.74, 6) is 1.69. The van der Waals surface area contributed by atoms with Crippen molar-refractivity contribution in [1.29, 1.82) is 0 Å².